The summed E-state index contributed by atoms with van der Waals surface area (Å²) < 4.78 is 19.2. The van der Waals surface area contributed by atoms with E-state index in [1.165, 1.54) is 12.1 Å². The third-order valence-electron chi connectivity index (χ3n) is 4.88. The van der Waals surface area contributed by atoms with Gasteiger partial charge in [0.2, 0.25) is 0 Å². The average molecular weight is 334 g/mol. The van der Waals surface area contributed by atoms with E-state index in [1.807, 2.05) is 20.8 Å². The lowest BCUT2D eigenvalue weighted by Gasteiger charge is -2.29. The molecule has 0 saturated heterocycles. The number of hydrogen-bond donors (Lipinski definition) is 3. The van der Waals surface area contributed by atoms with Crippen molar-refractivity contribution in [3.63, 3.8) is 0 Å². The largest absolute Gasteiger partial charge is 0.459 e. The predicted molar refractivity (Wildman–Crippen MR) is 89.2 cm³/mol. The summed E-state index contributed by atoms with van der Waals surface area (Å²) in [6.45, 7) is 5.42. The molecule has 0 radical (unpaired) electrons. The lowest BCUT2D eigenvalue weighted by atomic mass is 9.97. The number of rotatable bonds is 5. The molecule has 1 aromatic heterocycles. The Morgan fingerprint density at radius 1 is 1.50 bits per heavy atom. The van der Waals surface area contributed by atoms with Crippen molar-refractivity contribution >= 4 is 17.0 Å². The Hall–Kier alpha value is -2.08. The first-order valence-electron chi connectivity index (χ1n) is 8.22. The standard InChI is InChI=1S/C18H23FN2O3/c1-10-14-8-13(19)6-7-15(14)24-16(10)11(2)20-17(23)21-18(3,9-22)12-4-5-12/h6-8,11-12,22H,4-5,9H2,1-3H3,(H2,20,21,23). The van der Waals surface area contributed by atoms with E-state index in [0.29, 0.717) is 22.6 Å². The zero-order valence-corrected chi connectivity index (χ0v) is 14.1. The molecule has 1 aliphatic rings. The van der Waals surface area contributed by atoms with E-state index in [2.05, 4.69) is 10.6 Å². The van der Waals surface area contributed by atoms with Crippen LogP contribution >= 0.6 is 0 Å². The Morgan fingerprint density at radius 3 is 2.83 bits per heavy atom. The van der Waals surface area contributed by atoms with Crippen molar-refractivity contribution in [2.75, 3.05) is 6.61 Å². The second kappa shape index (κ2) is 6.09. The van der Waals surface area contributed by atoms with Gasteiger partial charge in [-0.2, -0.15) is 0 Å². The summed E-state index contributed by atoms with van der Waals surface area (Å²) in [5.74, 6) is 0.599. The van der Waals surface area contributed by atoms with Crippen molar-refractivity contribution in [2.45, 2.75) is 45.2 Å². The van der Waals surface area contributed by atoms with Crippen molar-refractivity contribution < 1.29 is 18.7 Å². The number of aliphatic hydroxyl groups is 1. The molecule has 2 atom stereocenters. The van der Waals surface area contributed by atoms with Crippen LogP contribution in [0.2, 0.25) is 0 Å². The number of urea groups is 1. The molecule has 24 heavy (non-hydrogen) atoms. The van der Waals surface area contributed by atoms with Crippen LogP contribution in [0.5, 0.6) is 0 Å². The van der Waals surface area contributed by atoms with E-state index in [1.54, 1.807) is 6.07 Å². The van der Waals surface area contributed by atoms with Gasteiger partial charge >= 0.3 is 6.03 Å². The molecule has 2 amide bonds. The summed E-state index contributed by atoms with van der Waals surface area (Å²) in [7, 11) is 0. The molecule has 0 bridgehead atoms. The molecule has 1 fully saturated rings. The Kier molecular flexibility index (Phi) is 4.25. The van der Waals surface area contributed by atoms with E-state index in [9.17, 15) is 14.3 Å². The van der Waals surface area contributed by atoms with E-state index in [4.69, 9.17) is 4.42 Å². The first-order chi connectivity index (χ1) is 11.3. The summed E-state index contributed by atoms with van der Waals surface area (Å²) in [5.41, 5.74) is 0.802. The average Bonchev–Trinajstić information content (AvgIpc) is 3.33. The molecule has 1 saturated carbocycles. The number of hydrogen-bond acceptors (Lipinski definition) is 3. The van der Waals surface area contributed by atoms with Gasteiger partial charge in [-0.25, -0.2) is 9.18 Å². The van der Waals surface area contributed by atoms with Crippen LogP contribution in [-0.2, 0) is 0 Å². The molecule has 3 rings (SSSR count). The summed E-state index contributed by atoms with van der Waals surface area (Å²) >= 11 is 0. The summed E-state index contributed by atoms with van der Waals surface area (Å²) in [6.07, 6.45) is 2.03. The van der Waals surface area contributed by atoms with Gasteiger partial charge in [0, 0.05) is 10.9 Å². The molecule has 0 aliphatic heterocycles. The molecule has 0 spiro atoms. The highest BCUT2D eigenvalue weighted by Gasteiger charge is 2.42. The van der Waals surface area contributed by atoms with Crippen molar-refractivity contribution in [2.24, 2.45) is 5.92 Å². The minimum absolute atomic E-state index is 0.0948. The highest BCUT2D eigenvalue weighted by Crippen LogP contribution is 2.39. The van der Waals surface area contributed by atoms with E-state index in [0.717, 1.165) is 18.4 Å². The zero-order chi connectivity index (χ0) is 17.5. The number of fused-ring (bicyclic) bond motifs is 1. The van der Waals surface area contributed by atoms with E-state index in [-0.39, 0.29) is 24.5 Å². The summed E-state index contributed by atoms with van der Waals surface area (Å²) in [4.78, 5) is 12.3. The van der Waals surface area contributed by atoms with Crippen LogP contribution in [0.25, 0.3) is 11.0 Å². The minimum Gasteiger partial charge on any atom is -0.459 e. The quantitative estimate of drug-likeness (QED) is 0.784. The van der Waals surface area contributed by atoms with Gasteiger partial charge in [0.15, 0.2) is 0 Å². The molecule has 2 aromatic rings. The fourth-order valence-electron chi connectivity index (χ4n) is 3.17. The van der Waals surface area contributed by atoms with Gasteiger partial charge in [-0.05, 0) is 57.7 Å². The summed E-state index contributed by atoms with van der Waals surface area (Å²) in [5, 5.41) is 16.0. The lowest BCUT2D eigenvalue weighted by molar-refractivity contribution is 0.154. The highest BCUT2D eigenvalue weighted by atomic mass is 19.1. The van der Waals surface area contributed by atoms with Crippen LogP contribution in [0.1, 0.15) is 44.1 Å². The van der Waals surface area contributed by atoms with Crippen LogP contribution in [0.4, 0.5) is 9.18 Å². The van der Waals surface area contributed by atoms with Gasteiger partial charge in [-0.15, -0.1) is 0 Å². The van der Waals surface area contributed by atoms with Crippen LogP contribution in [0.3, 0.4) is 0 Å². The maximum atomic E-state index is 13.4. The SMILES string of the molecule is Cc1c(C(C)NC(=O)NC(C)(CO)C2CC2)oc2ccc(F)cc12. The van der Waals surface area contributed by atoms with Gasteiger partial charge in [0.25, 0.3) is 0 Å². The first kappa shape index (κ1) is 16.8. The van der Waals surface area contributed by atoms with Crippen molar-refractivity contribution in [3.05, 3.63) is 35.3 Å². The number of benzene rings is 1. The number of carbonyl (C=O) groups excluding carboxylic acids is 1. The third kappa shape index (κ3) is 3.11. The highest BCUT2D eigenvalue weighted by molar-refractivity contribution is 5.82. The number of aryl methyl sites for hydroxylation is 1. The fraction of sp³-hybridized carbons (Fsp3) is 0.500. The molecule has 2 unspecified atom stereocenters. The Labute approximate surface area is 140 Å². The van der Waals surface area contributed by atoms with E-state index < -0.39 is 5.54 Å². The van der Waals surface area contributed by atoms with Crippen LogP contribution < -0.4 is 10.6 Å². The fourth-order valence-corrected chi connectivity index (χ4v) is 3.17. The number of furan rings is 1. The van der Waals surface area contributed by atoms with Crippen molar-refractivity contribution in [1.29, 1.82) is 0 Å². The Morgan fingerprint density at radius 2 is 2.21 bits per heavy atom. The summed E-state index contributed by atoms with van der Waals surface area (Å²) in [6, 6.07) is 3.64. The maximum Gasteiger partial charge on any atom is 0.315 e. The first-order valence-corrected chi connectivity index (χ1v) is 8.22. The number of aliphatic hydroxyl groups excluding tert-OH is 1. The third-order valence-corrected chi connectivity index (χ3v) is 4.88. The number of carbonyl (C=O) groups is 1. The second-order valence-corrected chi connectivity index (χ2v) is 6.90. The number of nitrogens with one attached hydrogen (secondary N) is 2. The smallest absolute Gasteiger partial charge is 0.315 e. The Balaban J connectivity index is 1.73. The molecule has 3 N–H and O–H groups in total. The molecule has 1 heterocycles. The Bertz CT molecular complexity index is 769. The van der Waals surface area contributed by atoms with Crippen molar-refractivity contribution in [3.8, 4) is 0 Å². The molecule has 6 heteroatoms. The molecule has 1 aliphatic carbocycles. The van der Waals surface area contributed by atoms with Gasteiger partial charge < -0.3 is 20.2 Å². The maximum absolute atomic E-state index is 13.4. The second-order valence-electron chi connectivity index (χ2n) is 6.90. The normalized spacial score (nSPS) is 18.2. The molecule has 130 valence electrons. The molecule has 5 nitrogen and oxygen atoms in total. The predicted octanol–water partition coefficient (Wildman–Crippen LogP) is 3.40. The van der Waals surface area contributed by atoms with Gasteiger partial charge in [-0.3, -0.25) is 0 Å². The van der Waals surface area contributed by atoms with Gasteiger partial charge in [0.05, 0.1) is 18.2 Å². The number of amides is 2. The van der Waals surface area contributed by atoms with Crippen LogP contribution in [-0.4, -0.2) is 23.3 Å². The van der Waals surface area contributed by atoms with Crippen LogP contribution in [0.15, 0.2) is 22.6 Å². The zero-order valence-electron chi connectivity index (χ0n) is 14.1. The van der Waals surface area contributed by atoms with Crippen LogP contribution in [0, 0.1) is 18.7 Å². The van der Waals surface area contributed by atoms with Gasteiger partial charge in [0.1, 0.15) is 17.2 Å². The topological polar surface area (TPSA) is 74.5 Å². The number of halogens is 1. The van der Waals surface area contributed by atoms with Gasteiger partial charge in [-0.1, -0.05) is 0 Å². The monoisotopic (exact) mass is 334 g/mol. The molecular formula is C18H23FN2O3. The lowest BCUT2D eigenvalue weighted by Crippen LogP contribution is -2.54. The molecular weight excluding hydrogens is 311 g/mol. The minimum atomic E-state index is -0.601. The van der Waals surface area contributed by atoms with E-state index >= 15 is 0 Å². The van der Waals surface area contributed by atoms with Crippen molar-refractivity contribution in [1.82, 2.24) is 10.6 Å². The molecule has 1 aromatic carbocycles.